The number of carbonyl (C=O) groups is 3. The van der Waals surface area contributed by atoms with Crippen molar-refractivity contribution in [3.05, 3.63) is 88.4 Å². The number of carboxylic acid groups (broad SMARTS) is 1. The zero-order valence-corrected chi connectivity index (χ0v) is 20.2. The molecule has 0 aromatic heterocycles. The van der Waals surface area contributed by atoms with E-state index in [-0.39, 0.29) is 34.9 Å². The zero-order chi connectivity index (χ0) is 24.8. The number of fused-ring (bicyclic) bond motifs is 3. The van der Waals surface area contributed by atoms with Crippen LogP contribution in [0.1, 0.15) is 27.4 Å². The SMILES string of the molecule is O=C(O)CSCCNC(=O)c1ccc(Cl)c(NC(=O)OCC2c3ccccc3-c3ccccc32)c1. The van der Waals surface area contributed by atoms with Crippen molar-refractivity contribution in [2.45, 2.75) is 5.92 Å². The van der Waals surface area contributed by atoms with Gasteiger partial charge >= 0.3 is 12.1 Å². The molecule has 0 saturated carbocycles. The molecule has 3 aromatic rings. The van der Waals surface area contributed by atoms with Crippen LogP contribution in [-0.2, 0) is 9.53 Å². The fourth-order valence-electron chi connectivity index (χ4n) is 4.01. The van der Waals surface area contributed by atoms with E-state index in [9.17, 15) is 14.4 Å². The Bertz CT molecular complexity index is 1220. The average molecular weight is 511 g/mol. The summed E-state index contributed by atoms with van der Waals surface area (Å²) in [4.78, 5) is 35.5. The summed E-state index contributed by atoms with van der Waals surface area (Å²) in [5, 5.41) is 14.3. The van der Waals surface area contributed by atoms with Crippen LogP contribution in [0, 0.1) is 0 Å². The monoisotopic (exact) mass is 510 g/mol. The van der Waals surface area contributed by atoms with Crippen molar-refractivity contribution in [1.82, 2.24) is 5.32 Å². The first-order valence-corrected chi connectivity index (χ1v) is 12.5. The molecule has 0 aliphatic heterocycles. The molecule has 0 unspecified atom stereocenters. The Morgan fingerprint density at radius 2 is 1.63 bits per heavy atom. The van der Waals surface area contributed by atoms with Gasteiger partial charge in [0.05, 0.1) is 16.5 Å². The van der Waals surface area contributed by atoms with Gasteiger partial charge in [-0.1, -0.05) is 60.1 Å². The first-order valence-electron chi connectivity index (χ1n) is 10.9. The molecular formula is C26H23ClN2O5S. The normalized spacial score (nSPS) is 11.9. The number of carboxylic acids is 1. The minimum Gasteiger partial charge on any atom is -0.481 e. The fraction of sp³-hybridized carbons (Fsp3) is 0.192. The van der Waals surface area contributed by atoms with Crippen LogP contribution in [0.5, 0.6) is 0 Å². The van der Waals surface area contributed by atoms with Crippen LogP contribution in [0.3, 0.4) is 0 Å². The second kappa shape index (κ2) is 11.3. The minimum atomic E-state index is -0.900. The lowest BCUT2D eigenvalue weighted by Crippen LogP contribution is -2.26. The van der Waals surface area contributed by atoms with Crippen LogP contribution in [0.25, 0.3) is 11.1 Å². The third-order valence-electron chi connectivity index (χ3n) is 5.57. The standard InChI is InChI=1S/C26H23ClN2O5S/c27-22-10-9-16(25(32)28-11-12-35-15-24(30)31)13-23(22)29-26(33)34-14-21-19-7-3-1-5-17(19)18-6-2-4-8-20(18)21/h1-10,13,21H,11-12,14-15H2,(H,28,32)(H,29,33)(H,30,31). The Morgan fingerprint density at radius 1 is 0.971 bits per heavy atom. The Morgan fingerprint density at radius 3 is 2.29 bits per heavy atom. The largest absolute Gasteiger partial charge is 0.481 e. The molecule has 180 valence electrons. The molecule has 3 aromatic carbocycles. The lowest BCUT2D eigenvalue weighted by molar-refractivity contribution is -0.133. The lowest BCUT2D eigenvalue weighted by Gasteiger charge is -2.15. The Labute approximate surface area is 211 Å². The molecule has 1 aliphatic carbocycles. The number of benzene rings is 3. The number of ether oxygens (including phenoxy) is 1. The van der Waals surface area contributed by atoms with E-state index in [2.05, 4.69) is 22.8 Å². The molecule has 0 spiro atoms. The number of hydrogen-bond acceptors (Lipinski definition) is 5. The average Bonchev–Trinajstić information content (AvgIpc) is 3.17. The Kier molecular flexibility index (Phi) is 7.94. The number of nitrogens with one attached hydrogen (secondary N) is 2. The third kappa shape index (κ3) is 5.96. The van der Waals surface area contributed by atoms with Gasteiger partial charge in [-0.2, -0.15) is 0 Å². The molecule has 2 amide bonds. The lowest BCUT2D eigenvalue weighted by atomic mass is 9.98. The van der Waals surface area contributed by atoms with E-state index in [1.54, 1.807) is 6.07 Å². The molecule has 35 heavy (non-hydrogen) atoms. The fourth-order valence-corrected chi connectivity index (χ4v) is 4.74. The van der Waals surface area contributed by atoms with E-state index in [0.29, 0.717) is 17.9 Å². The van der Waals surface area contributed by atoms with Crippen LogP contribution in [0.15, 0.2) is 66.7 Å². The highest BCUT2D eigenvalue weighted by Gasteiger charge is 2.29. The molecule has 7 nitrogen and oxygen atoms in total. The molecular weight excluding hydrogens is 488 g/mol. The van der Waals surface area contributed by atoms with Gasteiger partial charge in [0.25, 0.3) is 5.91 Å². The van der Waals surface area contributed by atoms with Gasteiger partial charge in [0, 0.05) is 23.8 Å². The minimum absolute atomic E-state index is 0.0228. The Hall–Kier alpha value is -3.49. The topological polar surface area (TPSA) is 105 Å². The van der Waals surface area contributed by atoms with Gasteiger partial charge in [0.1, 0.15) is 6.61 Å². The summed E-state index contributed by atoms with van der Waals surface area (Å²) in [5.74, 6) is -0.877. The van der Waals surface area contributed by atoms with Crippen molar-refractivity contribution < 1.29 is 24.2 Å². The van der Waals surface area contributed by atoms with E-state index in [4.69, 9.17) is 21.4 Å². The molecule has 9 heteroatoms. The summed E-state index contributed by atoms with van der Waals surface area (Å²) in [6.45, 7) is 0.472. The predicted octanol–water partition coefficient (Wildman–Crippen LogP) is 5.25. The molecule has 4 rings (SSSR count). The van der Waals surface area contributed by atoms with Crippen molar-refractivity contribution in [2.24, 2.45) is 0 Å². The number of halogens is 1. The number of anilines is 1. The van der Waals surface area contributed by atoms with E-state index >= 15 is 0 Å². The van der Waals surface area contributed by atoms with Crippen LogP contribution in [-0.4, -0.2) is 47.7 Å². The maximum atomic E-state index is 12.6. The molecule has 0 saturated heterocycles. The third-order valence-corrected chi connectivity index (χ3v) is 6.84. The number of amides is 2. The van der Waals surface area contributed by atoms with Crippen molar-refractivity contribution in [3.8, 4) is 11.1 Å². The summed E-state index contributed by atoms with van der Waals surface area (Å²) in [6, 6.07) is 20.7. The molecule has 3 N–H and O–H groups in total. The highest BCUT2D eigenvalue weighted by Crippen LogP contribution is 2.44. The molecule has 0 heterocycles. The highest BCUT2D eigenvalue weighted by atomic mass is 35.5. The van der Waals surface area contributed by atoms with Gasteiger partial charge < -0.3 is 15.2 Å². The number of aliphatic carboxylic acids is 1. The van der Waals surface area contributed by atoms with Gasteiger partial charge in [-0.3, -0.25) is 14.9 Å². The zero-order valence-electron chi connectivity index (χ0n) is 18.6. The predicted molar refractivity (Wildman–Crippen MR) is 137 cm³/mol. The number of rotatable bonds is 9. The quantitative estimate of drug-likeness (QED) is 0.340. The molecule has 0 radical (unpaired) electrons. The Balaban J connectivity index is 1.36. The van der Waals surface area contributed by atoms with Crippen LogP contribution in [0.2, 0.25) is 5.02 Å². The van der Waals surface area contributed by atoms with E-state index in [1.165, 1.54) is 23.9 Å². The van der Waals surface area contributed by atoms with Gasteiger partial charge in [-0.05, 0) is 40.5 Å². The number of hydrogen-bond donors (Lipinski definition) is 3. The molecule has 0 fully saturated rings. The summed E-state index contributed by atoms with van der Waals surface area (Å²) in [6.07, 6.45) is -0.670. The first kappa shape index (κ1) is 24.6. The van der Waals surface area contributed by atoms with Gasteiger partial charge in [-0.25, -0.2) is 4.79 Å². The smallest absolute Gasteiger partial charge is 0.411 e. The second-order valence-corrected chi connectivity index (χ2v) is 9.36. The number of thioether (sulfide) groups is 1. The van der Waals surface area contributed by atoms with Crippen molar-refractivity contribution >= 4 is 47.0 Å². The summed E-state index contributed by atoms with van der Waals surface area (Å²) in [7, 11) is 0. The van der Waals surface area contributed by atoms with Crippen molar-refractivity contribution in [1.29, 1.82) is 0 Å². The van der Waals surface area contributed by atoms with Crippen LogP contribution in [0.4, 0.5) is 10.5 Å². The molecule has 1 aliphatic rings. The first-order chi connectivity index (χ1) is 16.9. The van der Waals surface area contributed by atoms with Crippen LogP contribution >= 0.6 is 23.4 Å². The maximum absolute atomic E-state index is 12.6. The van der Waals surface area contributed by atoms with Crippen molar-refractivity contribution in [3.63, 3.8) is 0 Å². The highest BCUT2D eigenvalue weighted by molar-refractivity contribution is 7.99. The van der Waals surface area contributed by atoms with E-state index in [0.717, 1.165) is 22.3 Å². The van der Waals surface area contributed by atoms with Gasteiger partial charge in [-0.15, -0.1) is 11.8 Å². The second-order valence-electron chi connectivity index (χ2n) is 7.85. The van der Waals surface area contributed by atoms with Gasteiger partial charge in [0.15, 0.2) is 0 Å². The summed E-state index contributed by atoms with van der Waals surface area (Å²) >= 11 is 7.43. The van der Waals surface area contributed by atoms with E-state index in [1.807, 2.05) is 36.4 Å². The molecule has 0 atom stereocenters. The molecule has 0 bridgehead atoms. The van der Waals surface area contributed by atoms with Crippen molar-refractivity contribution in [2.75, 3.05) is 30.0 Å². The van der Waals surface area contributed by atoms with Gasteiger partial charge in [0.2, 0.25) is 0 Å². The van der Waals surface area contributed by atoms with E-state index < -0.39 is 12.1 Å². The number of carbonyl (C=O) groups excluding carboxylic acids is 2. The summed E-state index contributed by atoms with van der Waals surface area (Å²) in [5.41, 5.74) is 5.07. The van der Waals surface area contributed by atoms with Crippen LogP contribution < -0.4 is 10.6 Å². The maximum Gasteiger partial charge on any atom is 0.411 e. The summed E-state index contributed by atoms with van der Waals surface area (Å²) < 4.78 is 5.55.